The third kappa shape index (κ3) is 33.8. The first kappa shape index (κ1) is 48.7. The molecule has 0 saturated heterocycles. The molecule has 6 N–H and O–H groups in total. The summed E-state index contributed by atoms with van der Waals surface area (Å²) >= 11 is 0. The van der Waals surface area contributed by atoms with Crippen molar-refractivity contribution >= 4 is 13.7 Å². The van der Waals surface area contributed by atoms with Gasteiger partial charge in [0.25, 0.3) is 0 Å². The number of allylic oxidation sites excluding steroid dienone is 5. The van der Waals surface area contributed by atoms with Gasteiger partial charge in [0.1, 0.15) is 0 Å². The highest BCUT2D eigenvalue weighted by atomic mass is 31.2. The molecule has 9 nitrogen and oxygen atoms in total. The highest BCUT2D eigenvalue weighted by Crippen LogP contribution is 2.43. The fraction of sp³-hybridized carbons (Fsp3) is 0.825. The standard InChI is InChI=1S/C40H77N2O7P/c1-3-5-7-9-11-13-14-15-16-17-18-19-20-21-22-24-25-27-29-31-37(43)35-40(45)42-38(36-49-50(46,47)48-34-33-41)39(44)32-30-28-26-23-12-10-8-6-4-2/h4,6,12,23,30,32,37-39,43-44H,3,5,7-11,13-22,24-29,31,33-36,41H2,1-2H3,(H,42,45)(H,46,47)/b6-4+,23-12+,32-30+. The van der Waals surface area contributed by atoms with Crippen LogP contribution in [0.5, 0.6) is 0 Å². The van der Waals surface area contributed by atoms with Gasteiger partial charge in [-0.2, -0.15) is 0 Å². The first-order valence-corrected chi connectivity index (χ1v) is 21.7. The Balaban J connectivity index is 4.22. The summed E-state index contributed by atoms with van der Waals surface area (Å²) in [5.41, 5.74) is 5.33. The number of phosphoric ester groups is 1. The molecule has 0 spiro atoms. The highest BCUT2D eigenvalue weighted by molar-refractivity contribution is 7.47. The van der Waals surface area contributed by atoms with Gasteiger partial charge in [-0.05, 0) is 39.0 Å². The number of amides is 1. The molecule has 0 saturated carbocycles. The Morgan fingerprint density at radius 3 is 1.66 bits per heavy atom. The molecule has 0 rings (SSSR count). The average Bonchev–Trinajstić information content (AvgIpc) is 3.09. The Bertz CT molecular complexity index is 899. The number of phosphoric acid groups is 1. The molecule has 0 radical (unpaired) electrons. The average molecular weight is 729 g/mol. The molecule has 50 heavy (non-hydrogen) atoms. The topological polar surface area (TPSA) is 151 Å². The number of aliphatic hydroxyl groups excluding tert-OH is 2. The molecule has 0 aliphatic heterocycles. The zero-order valence-corrected chi connectivity index (χ0v) is 32.9. The van der Waals surface area contributed by atoms with E-state index in [4.69, 9.17) is 14.8 Å². The normalized spacial score (nSPS) is 15.2. The molecule has 0 aliphatic carbocycles. The summed E-state index contributed by atoms with van der Waals surface area (Å²) < 4.78 is 21.9. The van der Waals surface area contributed by atoms with E-state index in [1.54, 1.807) is 12.2 Å². The number of carbonyl (C=O) groups excluding carboxylic acids is 1. The van der Waals surface area contributed by atoms with Crippen LogP contribution in [-0.4, -0.2) is 59.0 Å². The molecule has 10 heteroatoms. The number of rotatable bonds is 37. The van der Waals surface area contributed by atoms with E-state index in [0.29, 0.717) is 12.8 Å². The lowest BCUT2D eigenvalue weighted by Gasteiger charge is -2.24. The third-order valence-corrected chi connectivity index (χ3v) is 9.83. The van der Waals surface area contributed by atoms with Crippen molar-refractivity contribution in [3.8, 4) is 0 Å². The summed E-state index contributed by atoms with van der Waals surface area (Å²) in [6.07, 6.45) is 38.4. The third-order valence-electron chi connectivity index (χ3n) is 8.85. The van der Waals surface area contributed by atoms with Crippen LogP contribution < -0.4 is 11.1 Å². The zero-order chi connectivity index (χ0) is 37.0. The molecule has 4 unspecified atom stereocenters. The predicted molar refractivity (Wildman–Crippen MR) is 209 cm³/mol. The molecule has 0 heterocycles. The fourth-order valence-corrected chi connectivity index (χ4v) is 6.56. The van der Waals surface area contributed by atoms with Crippen molar-refractivity contribution in [1.29, 1.82) is 0 Å². The van der Waals surface area contributed by atoms with E-state index in [9.17, 15) is 24.5 Å². The van der Waals surface area contributed by atoms with E-state index in [0.717, 1.165) is 38.5 Å². The van der Waals surface area contributed by atoms with Crippen molar-refractivity contribution < 1.29 is 33.5 Å². The smallest absolute Gasteiger partial charge is 0.393 e. The summed E-state index contributed by atoms with van der Waals surface area (Å²) in [5, 5.41) is 23.9. The highest BCUT2D eigenvalue weighted by Gasteiger charge is 2.27. The fourth-order valence-electron chi connectivity index (χ4n) is 5.80. The molecule has 0 aliphatic rings. The summed E-state index contributed by atoms with van der Waals surface area (Å²) in [4.78, 5) is 22.6. The van der Waals surface area contributed by atoms with Crippen LogP contribution in [-0.2, 0) is 18.4 Å². The van der Waals surface area contributed by atoms with Crippen molar-refractivity contribution in [2.24, 2.45) is 5.73 Å². The molecule has 0 aromatic heterocycles. The minimum Gasteiger partial charge on any atom is -0.393 e. The van der Waals surface area contributed by atoms with Gasteiger partial charge in [0, 0.05) is 6.54 Å². The number of hydrogen-bond acceptors (Lipinski definition) is 7. The van der Waals surface area contributed by atoms with E-state index >= 15 is 0 Å². The van der Waals surface area contributed by atoms with Crippen LogP contribution in [0, 0.1) is 0 Å². The summed E-state index contributed by atoms with van der Waals surface area (Å²) in [6.45, 7) is 3.70. The summed E-state index contributed by atoms with van der Waals surface area (Å²) in [5.74, 6) is -0.462. The second-order valence-electron chi connectivity index (χ2n) is 13.7. The van der Waals surface area contributed by atoms with Crippen LogP contribution in [0.25, 0.3) is 0 Å². The Labute approximate surface area is 306 Å². The lowest BCUT2D eigenvalue weighted by atomic mass is 10.0. The monoisotopic (exact) mass is 729 g/mol. The molecule has 1 amide bonds. The summed E-state index contributed by atoms with van der Waals surface area (Å²) in [7, 11) is -4.40. The van der Waals surface area contributed by atoms with E-state index in [1.807, 2.05) is 13.0 Å². The van der Waals surface area contributed by atoms with Crippen LogP contribution in [0.2, 0.25) is 0 Å². The van der Waals surface area contributed by atoms with Crippen LogP contribution in [0.15, 0.2) is 36.5 Å². The quantitative estimate of drug-likeness (QED) is 0.0241. The first-order chi connectivity index (χ1) is 24.3. The summed E-state index contributed by atoms with van der Waals surface area (Å²) in [6, 6.07) is -1.00. The van der Waals surface area contributed by atoms with Gasteiger partial charge in [0.2, 0.25) is 5.91 Å². The van der Waals surface area contributed by atoms with Crippen molar-refractivity contribution in [3.05, 3.63) is 36.5 Å². The van der Waals surface area contributed by atoms with E-state index in [2.05, 4.69) is 30.5 Å². The van der Waals surface area contributed by atoms with Gasteiger partial charge < -0.3 is 26.2 Å². The molecule has 4 atom stereocenters. The Morgan fingerprint density at radius 2 is 1.18 bits per heavy atom. The SMILES string of the molecule is C/C=C/CC/C=C/CC/C=C/C(O)C(COP(=O)(O)OCCN)NC(=O)CC(O)CCCCCCCCCCCCCCCCCCCCC. The number of hydrogen-bond donors (Lipinski definition) is 5. The number of unbranched alkanes of at least 4 members (excludes halogenated alkanes) is 20. The predicted octanol–water partition coefficient (Wildman–Crippen LogP) is 9.75. The largest absolute Gasteiger partial charge is 0.472 e. The maximum atomic E-state index is 12.7. The van der Waals surface area contributed by atoms with Crippen molar-refractivity contribution in [2.75, 3.05) is 19.8 Å². The van der Waals surface area contributed by atoms with Crippen molar-refractivity contribution in [1.82, 2.24) is 5.32 Å². The van der Waals surface area contributed by atoms with Gasteiger partial charge in [-0.3, -0.25) is 13.8 Å². The minimum absolute atomic E-state index is 0.0422. The van der Waals surface area contributed by atoms with Gasteiger partial charge >= 0.3 is 7.82 Å². The molecular weight excluding hydrogens is 651 g/mol. The number of carbonyl (C=O) groups is 1. The second-order valence-corrected chi connectivity index (χ2v) is 15.1. The minimum atomic E-state index is -4.40. The molecule has 0 aromatic carbocycles. The van der Waals surface area contributed by atoms with Crippen LogP contribution >= 0.6 is 7.82 Å². The number of nitrogens with one attached hydrogen (secondary N) is 1. The van der Waals surface area contributed by atoms with Gasteiger partial charge in [-0.1, -0.05) is 165 Å². The van der Waals surface area contributed by atoms with Gasteiger partial charge in [0.15, 0.2) is 0 Å². The molecular formula is C40H77N2O7P. The molecule has 0 fully saturated rings. The zero-order valence-electron chi connectivity index (χ0n) is 32.0. The Hall–Kier alpha value is -1.32. The lowest BCUT2D eigenvalue weighted by molar-refractivity contribution is -0.124. The van der Waals surface area contributed by atoms with E-state index in [1.165, 1.54) is 103 Å². The van der Waals surface area contributed by atoms with E-state index in [-0.39, 0.29) is 19.6 Å². The molecule has 294 valence electrons. The first-order valence-electron chi connectivity index (χ1n) is 20.2. The van der Waals surface area contributed by atoms with Gasteiger partial charge in [-0.25, -0.2) is 4.57 Å². The number of nitrogens with two attached hydrogens (primary N) is 1. The second kappa shape index (κ2) is 36.1. The van der Waals surface area contributed by atoms with Gasteiger partial charge in [0.05, 0.1) is 37.9 Å². The van der Waals surface area contributed by atoms with Crippen LogP contribution in [0.1, 0.15) is 174 Å². The maximum absolute atomic E-state index is 12.7. The van der Waals surface area contributed by atoms with Crippen LogP contribution in [0.4, 0.5) is 0 Å². The lowest BCUT2D eigenvalue weighted by Crippen LogP contribution is -2.46. The Kier molecular flexibility index (Phi) is 35.1. The van der Waals surface area contributed by atoms with Crippen LogP contribution in [0.3, 0.4) is 0 Å². The number of aliphatic hydroxyl groups is 2. The van der Waals surface area contributed by atoms with E-state index < -0.39 is 38.6 Å². The van der Waals surface area contributed by atoms with Gasteiger partial charge in [-0.15, -0.1) is 0 Å². The molecule has 0 bridgehead atoms. The van der Waals surface area contributed by atoms with Crippen molar-refractivity contribution in [3.63, 3.8) is 0 Å². The van der Waals surface area contributed by atoms with Crippen molar-refractivity contribution in [2.45, 2.75) is 193 Å². The maximum Gasteiger partial charge on any atom is 0.472 e. The Morgan fingerprint density at radius 1 is 0.720 bits per heavy atom. The molecule has 0 aromatic rings.